The highest BCUT2D eigenvalue weighted by atomic mass is 35.5. The first-order valence-corrected chi connectivity index (χ1v) is 7.65. The molecule has 0 bridgehead atoms. The summed E-state index contributed by atoms with van der Waals surface area (Å²) in [6.45, 7) is 1.38. The van der Waals surface area contributed by atoms with Gasteiger partial charge in [0.25, 0.3) is 11.6 Å². The molecule has 132 valence electrons. The third kappa shape index (κ3) is 3.62. The Bertz CT molecular complexity index is 1050. The lowest BCUT2D eigenvalue weighted by Gasteiger charge is -2.02. The summed E-state index contributed by atoms with van der Waals surface area (Å²) < 4.78 is 5.43. The second-order valence-electron chi connectivity index (χ2n) is 5.26. The van der Waals surface area contributed by atoms with Crippen molar-refractivity contribution in [3.05, 3.63) is 57.1 Å². The first kappa shape index (κ1) is 17.4. The van der Waals surface area contributed by atoms with E-state index in [1.807, 2.05) is 0 Å². The molecule has 3 aromatic rings. The lowest BCUT2D eigenvalue weighted by molar-refractivity contribution is -0.384. The number of oxazole rings is 1. The van der Waals surface area contributed by atoms with Gasteiger partial charge in [-0.25, -0.2) is 0 Å². The number of benzene rings is 2. The third-order valence-electron chi connectivity index (χ3n) is 3.33. The first-order chi connectivity index (χ1) is 12.3. The Hall–Kier alpha value is -3.46. The number of anilines is 2. The zero-order valence-electron chi connectivity index (χ0n) is 13.3. The van der Waals surface area contributed by atoms with E-state index in [-0.39, 0.29) is 28.2 Å². The van der Waals surface area contributed by atoms with Crippen molar-refractivity contribution in [1.82, 2.24) is 4.98 Å². The van der Waals surface area contributed by atoms with Gasteiger partial charge in [0.2, 0.25) is 5.91 Å². The molecule has 26 heavy (non-hydrogen) atoms. The van der Waals surface area contributed by atoms with Crippen molar-refractivity contribution < 1.29 is 18.9 Å². The van der Waals surface area contributed by atoms with Crippen LogP contribution in [0.4, 0.5) is 17.4 Å². The molecule has 9 nitrogen and oxygen atoms in total. The van der Waals surface area contributed by atoms with Gasteiger partial charge >= 0.3 is 6.01 Å². The van der Waals surface area contributed by atoms with Crippen LogP contribution in [-0.2, 0) is 4.79 Å². The van der Waals surface area contributed by atoms with Gasteiger partial charge in [-0.15, -0.1) is 0 Å². The third-order valence-corrected chi connectivity index (χ3v) is 3.65. The minimum atomic E-state index is -0.678. The lowest BCUT2D eigenvalue weighted by Crippen LogP contribution is -2.12. The Morgan fingerprint density at radius 1 is 1.19 bits per heavy atom. The normalized spacial score (nSPS) is 10.5. The minimum Gasteiger partial charge on any atom is -0.423 e. The van der Waals surface area contributed by atoms with Crippen LogP contribution in [0.1, 0.15) is 17.3 Å². The molecule has 2 aromatic carbocycles. The highest BCUT2D eigenvalue weighted by Gasteiger charge is 2.18. The number of hydrogen-bond donors (Lipinski definition) is 2. The Balaban J connectivity index is 1.84. The van der Waals surface area contributed by atoms with Crippen molar-refractivity contribution in [3.8, 4) is 0 Å². The number of aromatic nitrogens is 1. The van der Waals surface area contributed by atoms with Crippen LogP contribution in [0.3, 0.4) is 0 Å². The molecule has 2 amide bonds. The van der Waals surface area contributed by atoms with Crippen LogP contribution >= 0.6 is 11.6 Å². The Morgan fingerprint density at radius 3 is 2.65 bits per heavy atom. The maximum Gasteiger partial charge on any atom is 0.302 e. The van der Waals surface area contributed by atoms with E-state index >= 15 is 0 Å². The predicted octanol–water partition coefficient (Wildman–Crippen LogP) is 3.60. The zero-order chi connectivity index (χ0) is 18.8. The minimum absolute atomic E-state index is 0.0299. The Labute approximate surface area is 151 Å². The van der Waals surface area contributed by atoms with E-state index in [2.05, 4.69) is 15.6 Å². The molecule has 0 aliphatic rings. The number of carbonyl (C=O) groups excluding carboxylic acids is 2. The van der Waals surface area contributed by atoms with Gasteiger partial charge in [0.05, 0.1) is 4.92 Å². The van der Waals surface area contributed by atoms with Crippen LogP contribution in [0.2, 0.25) is 5.02 Å². The van der Waals surface area contributed by atoms with Gasteiger partial charge in [0, 0.05) is 30.3 Å². The summed E-state index contributed by atoms with van der Waals surface area (Å²) >= 11 is 5.73. The molecule has 1 heterocycles. The number of nitrogens with zero attached hydrogens (tertiary/aromatic N) is 2. The Morgan fingerprint density at radius 2 is 1.96 bits per heavy atom. The van der Waals surface area contributed by atoms with E-state index in [9.17, 15) is 19.7 Å². The highest BCUT2D eigenvalue weighted by molar-refractivity contribution is 6.32. The van der Waals surface area contributed by atoms with Crippen molar-refractivity contribution in [3.63, 3.8) is 0 Å². The van der Waals surface area contributed by atoms with E-state index in [4.69, 9.17) is 16.0 Å². The quantitative estimate of drug-likeness (QED) is 0.530. The molecule has 0 saturated heterocycles. The van der Waals surface area contributed by atoms with Gasteiger partial charge < -0.3 is 9.73 Å². The van der Waals surface area contributed by atoms with E-state index in [0.717, 1.165) is 6.07 Å². The van der Waals surface area contributed by atoms with Crippen molar-refractivity contribution in [2.24, 2.45) is 0 Å². The topological polar surface area (TPSA) is 127 Å². The summed E-state index contributed by atoms with van der Waals surface area (Å²) in [6, 6.07) is 8.42. The standard InChI is InChI=1S/C16H11ClN4O5/c1-8(22)18-10-3-5-12-14(7-10)26-16(19-12)20-15(23)9-2-4-11(17)13(6-9)21(24)25/h2-7H,1H3,(H,18,22)(H,19,20,23). The second-order valence-corrected chi connectivity index (χ2v) is 5.67. The summed E-state index contributed by atoms with van der Waals surface area (Å²) in [5, 5.41) is 15.9. The number of nitro groups is 1. The molecule has 3 rings (SSSR count). The van der Waals surface area contributed by atoms with Crippen LogP contribution in [0, 0.1) is 10.1 Å². The van der Waals surface area contributed by atoms with Crippen molar-refractivity contribution in [2.75, 3.05) is 10.6 Å². The average Bonchev–Trinajstić information content (AvgIpc) is 2.95. The van der Waals surface area contributed by atoms with Crippen molar-refractivity contribution in [1.29, 1.82) is 0 Å². The smallest absolute Gasteiger partial charge is 0.302 e. The average molecular weight is 375 g/mol. The molecule has 0 aliphatic carbocycles. The largest absolute Gasteiger partial charge is 0.423 e. The van der Waals surface area contributed by atoms with Gasteiger partial charge in [-0.2, -0.15) is 4.98 Å². The Kier molecular flexibility index (Phi) is 4.55. The molecule has 0 radical (unpaired) electrons. The molecule has 0 spiro atoms. The monoisotopic (exact) mass is 374 g/mol. The number of fused-ring (bicyclic) bond motifs is 1. The van der Waals surface area contributed by atoms with E-state index in [1.165, 1.54) is 19.1 Å². The van der Waals surface area contributed by atoms with E-state index in [1.54, 1.807) is 18.2 Å². The molecule has 0 aliphatic heterocycles. The molecule has 0 fully saturated rings. The van der Waals surface area contributed by atoms with Crippen LogP contribution < -0.4 is 10.6 Å². The number of rotatable bonds is 4. The fourth-order valence-corrected chi connectivity index (χ4v) is 2.41. The number of hydrogen-bond acceptors (Lipinski definition) is 6. The summed E-state index contributed by atoms with van der Waals surface area (Å²) in [4.78, 5) is 37.7. The van der Waals surface area contributed by atoms with Crippen LogP contribution in [0.5, 0.6) is 0 Å². The molecule has 2 N–H and O–H groups in total. The molecule has 10 heteroatoms. The van der Waals surface area contributed by atoms with Gasteiger partial charge in [0.15, 0.2) is 5.58 Å². The molecular formula is C16H11ClN4O5. The molecule has 0 atom stereocenters. The summed E-state index contributed by atoms with van der Waals surface area (Å²) in [5.41, 5.74) is 0.997. The van der Waals surface area contributed by atoms with Gasteiger partial charge in [-0.1, -0.05) is 11.6 Å². The predicted molar refractivity (Wildman–Crippen MR) is 94.4 cm³/mol. The van der Waals surface area contributed by atoms with E-state index in [0.29, 0.717) is 16.8 Å². The fraction of sp³-hybridized carbons (Fsp3) is 0.0625. The number of halogens is 1. The second kappa shape index (κ2) is 6.81. The van der Waals surface area contributed by atoms with Crippen molar-refractivity contribution >= 4 is 51.9 Å². The summed E-state index contributed by atoms with van der Waals surface area (Å²) in [5.74, 6) is -0.875. The number of nitrogens with one attached hydrogen (secondary N) is 2. The maximum absolute atomic E-state index is 12.3. The number of amides is 2. The zero-order valence-corrected chi connectivity index (χ0v) is 14.0. The summed E-state index contributed by atoms with van der Waals surface area (Å²) in [7, 11) is 0. The van der Waals surface area contributed by atoms with Gasteiger partial charge in [-0.3, -0.25) is 25.0 Å². The van der Waals surface area contributed by atoms with Gasteiger partial charge in [-0.05, 0) is 24.3 Å². The van der Waals surface area contributed by atoms with Gasteiger partial charge in [0.1, 0.15) is 10.5 Å². The van der Waals surface area contributed by atoms with Crippen LogP contribution in [-0.4, -0.2) is 21.7 Å². The van der Waals surface area contributed by atoms with Crippen molar-refractivity contribution in [2.45, 2.75) is 6.92 Å². The fourth-order valence-electron chi connectivity index (χ4n) is 2.22. The molecule has 1 aromatic heterocycles. The van der Waals surface area contributed by atoms with Crippen LogP contribution in [0.25, 0.3) is 11.1 Å². The van der Waals surface area contributed by atoms with E-state index < -0.39 is 10.8 Å². The number of carbonyl (C=O) groups is 2. The number of nitro benzene ring substituents is 1. The SMILES string of the molecule is CC(=O)Nc1ccc2nc(NC(=O)c3ccc(Cl)c([N+](=O)[O-])c3)oc2c1. The first-order valence-electron chi connectivity index (χ1n) is 7.27. The lowest BCUT2D eigenvalue weighted by atomic mass is 10.2. The maximum atomic E-state index is 12.3. The molecule has 0 unspecified atom stereocenters. The highest BCUT2D eigenvalue weighted by Crippen LogP contribution is 2.26. The summed E-state index contributed by atoms with van der Waals surface area (Å²) in [6.07, 6.45) is 0. The van der Waals surface area contributed by atoms with Crippen LogP contribution in [0.15, 0.2) is 40.8 Å². The molecular weight excluding hydrogens is 364 g/mol. The molecule has 0 saturated carbocycles.